The third-order valence-corrected chi connectivity index (χ3v) is 5.55. The fourth-order valence-electron chi connectivity index (χ4n) is 4.44. The molecule has 1 aliphatic rings. The van der Waals surface area contributed by atoms with Crippen molar-refractivity contribution in [3.05, 3.63) is 64.8 Å². The molecule has 2 N–H and O–H groups in total. The molecule has 1 unspecified atom stereocenters. The minimum atomic E-state index is -0.374. The zero-order valence-corrected chi connectivity index (χ0v) is 16.2. The molecule has 28 heavy (non-hydrogen) atoms. The number of aryl methyl sites for hydroxylation is 1. The number of carbonyl (C=O) groups is 2. The summed E-state index contributed by atoms with van der Waals surface area (Å²) in [6.07, 6.45) is 2.51. The van der Waals surface area contributed by atoms with E-state index in [1.54, 1.807) is 0 Å². The number of nitrogens with zero attached hydrogens (tertiary/aromatic N) is 1. The molecular weight excluding hydrogens is 352 g/mol. The van der Waals surface area contributed by atoms with Crippen LogP contribution < -0.4 is 10.5 Å². The van der Waals surface area contributed by atoms with Crippen LogP contribution in [0.5, 0.6) is 5.75 Å². The van der Waals surface area contributed by atoms with Crippen molar-refractivity contribution in [2.45, 2.75) is 45.6 Å². The largest absolute Gasteiger partial charge is 0.426 e. The summed E-state index contributed by atoms with van der Waals surface area (Å²) in [7, 11) is 0. The Bertz CT molecular complexity index is 1070. The second kappa shape index (κ2) is 7.15. The van der Waals surface area contributed by atoms with Crippen molar-refractivity contribution in [2.24, 2.45) is 5.73 Å². The van der Waals surface area contributed by atoms with Crippen molar-refractivity contribution < 1.29 is 14.3 Å². The van der Waals surface area contributed by atoms with Gasteiger partial charge in [0.2, 0.25) is 5.91 Å². The highest BCUT2D eigenvalue weighted by Crippen LogP contribution is 2.44. The molecule has 1 aliphatic carbocycles. The fourth-order valence-corrected chi connectivity index (χ4v) is 4.44. The van der Waals surface area contributed by atoms with Crippen LogP contribution in [0.3, 0.4) is 0 Å². The first-order valence-electron chi connectivity index (χ1n) is 9.63. The average Bonchev–Trinajstić information content (AvgIpc) is 3.00. The van der Waals surface area contributed by atoms with Gasteiger partial charge in [-0.15, -0.1) is 0 Å². The molecule has 1 heterocycles. The van der Waals surface area contributed by atoms with E-state index < -0.39 is 0 Å². The third-order valence-electron chi connectivity index (χ3n) is 5.55. The molecule has 3 aromatic rings. The van der Waals surface area contributed by atoms with Crippen LogP contribution in [0.1, 0.15) is 48.1 Å². The standard InChI is InChI=1S/C23H24N2O3/c1-14-11-12-19(28-15(2)26)21-20-17(23(24)27)9-6-10-18(20)25(22(14)21)13-16-7-4-3-5-8-16/h3-5,7-8,11-12,17H,6,9-10,13H2,1-2H3,(H2,24,27). The lowest BCUT2D eigenvalue weighted by molar-refractivity contribution is -0.131. The molecule has 5 heteroatoms. The van der Waals surface area contributed by atoms with Crippen molar-refractivity contribution in [3.63, 3.8) is 0 Å². The molecule has 0 saturated carbocycles. The Morgan fingerprint density at radius 3 is 2.61 bits per heavy atom. The van der Waals surface area contributed by atoms with Crippen LogP contribution in [0.2, 0.25) is 0 Å². The summed E-state index contributed by atoms with van der Waals surface area (Å²) in [6.45, 7) is 4.14. The average molecular weight is 376 g/mol. The Hall–Kier alpha value is -3.08. The van der Waals surface area contributed by atoms with E-state index in [0.29, 0.717) is 12.3 Å². The summed E-state index contributed by atoms with van der Waals surface area (Å²) >= 11 is 0. The van der Waals surface area contributed by atoms with E-state index in [4.69, 9.17) is 10.5 Å². The number of ether oxygens (including phenoxy) is 1. The first kappa shape index (κ1) is 18.3. The topological polar surface area (TPSA) is 74.3 Å². The quantitative estimate of drug-likeness (QED) is 0.555. The van der Waals surface area contributed by atoms with Gasteiger partial charge >= 0.3 is 5.97 Å². The first-order chi connectivity index (χ1) is 13.5. The molecule has 0 radical (unpaired) electrons. The number of benzene rings is 2. The van der Waals surface area contributed by atoms with Gasteiger partial charge in [0.05, 0.1) is 11.4 Å². The first-order valence-corrected chi connectivity index (χ1v) is 9.63. The lowest BCUT2D eigenvalue weighted by Gasteiger charge is -2.22. The predicted octanol–water partition coefficient (Wildman–Crippen LogP) is 3.83. The van der Waals surface area contributed by atoms with Crippen LogP contribution in [0.15, 0.2) is 42.5 Å². The van der Waals surface area contributed by atoms with Crippen LogP contribution in [0.25, 0.3) is 10.9 Å². The highest BCUT2D eigenvalue weighted by Gasteiger charge is 2.33. The van der Waals surface area contributed by atoms with Gasteiger partial charge in [-0.25, -0.2) is 0 Å². The highest BCUT2D eigenvalue weighted by molar-refractivity contribution is 5.99. The number of amides is 1. The second-order valence-corrected chi connectivity index (χ2v) is 7.48. The maximum absolute atomic E-state index is 12.3. The number of nitrogens with two attached hydrogens (primary N) is 1. The molecule has 1 aromatic heterocycles. The zero-order valence-electron chi connectivity index (χ0n) is 16.2. The number of fused-ring (bicyclic) bond motifs is 3. The Morgan fingerprint density at radius 2 is 1.93 bits per heavy atom. The number of esters is 1. The van der Waals surface area contributed by atoms with Crippen molar-refractivity contribution in [1.29, 1.82) is 0 Å². The number of hydrogen-bond donors (Lipinski definition) is 1. The highest BCUT2D eigenvalue weighted by atomic mass is 16.5. The van der Waals surface area contributed by atoms with Gasteiger partial charge in [0, 0.05) is 24.5 Å². The molecule has 5 nitrogen and oxygen atoms in total. The normalized spacial score (nSPS) is 16.0. The van der Waals surface area contributed by atoms with Crippen molar-refractivity contribution in [3.8, 4) is 5.75 Å². The van der Waals surface area contributed by atoms with E-state index in [2.05, 4.69) is 16.7 Å². The summed E-state index contributed by atoms with van der Waals surface area (Å²) in [5.41, 5.74) is 11.1. The second-order valence-electron chi connectivity index (χ2n) is 7.48. The van der Waals surface area contributed by atoms with Crippen LogP contribution in [0.4, 0.5) is 0 Å². The maximum atomic E-state index is 12.3. The molecule has 0 fully saturated rings. The van der Waals surface area contributed by atoms with Crippen LogP contribution >= 0.6 is 0 Å². The van der Waals surface area contributed by atoms with Gasteiger partial charge < -0.3 is 15.0 Å². The van der Waals surface area contributed by atoms with Gasteiger partial charge in [-0.1, -0.05) is 36.4 Å². The predicted molar refractivity (Wildman–Crippen MR) is 108 cm³/mol. The Morgan fingerprint density at radius 1 is 1.18 bits per heavy atom. The number of carbonyl (C=O) groups excluding carboxylic acids is 2. The Balaban J connectivity index is 2.03. The lowest BCUT2D eigenvalue weighted by Crippen LogP contribution is -2.25. The number of primary amides is 1. The third kappa shape index (κ3) is 3.07. The van der Waals surface area contributed by atoms with E-state index in [9.17, 15) is 9.59 Å². The number of aromatic nitrogens is 1. The number of hydrogen-bond acceptors (Lipinski definition) is 3. The fraction of sp³-hybridized carbons (Fsp3) is 0.304. The maximum Gasteiger partial charge on any atom is 0.308 e. The van der Waals surface area contributed by atoms with Gasteiger partial charge in [-0.2, -0.15) is 0 Å². The summed E-state index contributed by atoms with van der Waals surface area (Å²) in [4.78, 5) is 24.0. The molecule has 144 valence electrons. The minimum absolute atomic E-state index is 0.324. The molecular formula is C23H24N2O3. The molecule has 0 aliphatic heterocycles. The molecule has 4 rings (SSSR count). The van der Waals surface area contributed by atoms with Crippen LogP contribution in [-0.2, 0) is 22.6 Å². The van der Waals surface area contributed by atoms with E-state index >= 15 is 0 Å². The van der Waals surface area contributed by atoms with E-state index in [1.807, 2.05) is 37.3 Å². The zero-order chi connectivity index (χ0) is 19.8. The number of rotatable bonds is 4. The molecule has 0 saturated heterocycles. The van der Waals surface area contributed by atoms with Crippen molar-refractivity contribution >= 4 is 22.8 Å². The van der Waals surface area contributed by atoms with Crippen molar-refractivity contribution in [1.82, 2.24) is 4.57 Å². The molecule has 0 bridgehead atoms. The summed E-state index contributed by atoms with van der Waals surface area (Å²) in [5.74, 6) is -0.556. The van der Waals surface area contributed by atoms with Gasteiger partial charge in [-0.05, 0) is 48.9 Å². The van der Waals surface area contributed by atoms with Crippen LogP contribution in [0, 0.1) is 6.92 Å². The monoisotopic (exact) mass is 376 g/mol. The van der Waals surface area contributed by atoms with Crippen molar-refractivity contribution in [2.75, 3.05) is 0 Å². The van der Waals surface area contributed by atoms with E-state index in [-0.39, 0.29) is 17.8 Å². The van der Waals surface area contributed by atoms with E-state index in [0.717, 1.165) is 47.0 Å². The van der Waals surface area contributed by atoms with Gasteiger partial charge in [0.1, 0.15) is 5.75 Å². The smallest absolute Gasteiger partial charge is 0.308 e. The molecule has 0 spiro atoms. The Labute approximate surface area is 164 Å². The SMILES string of the molecule is CC(=O)Oc1ccc(C)c2c1c1c(n2Cc2ccccc2)CCCC1C(N)=O. The van der Waals surface area contributed by atoms with Gasteiger partial charge in [-0.3, -0.25) is 9.59 Å². The minimum Gasteiger partial charge on any atom is -0.426 e. The van der Waals surface area contributed by atoms with Gasteiger partial charge in [0.25, 0.3) is 0 Å². The summed E-state index contributed by atoms with van der Waals surface area (Å²) < 4.78 is 7.81. The molecule has 2 aromatic carbocycles. The Kier molecular flexibility index (Phi) is 4.67. The summed E-state index contributed by atoms with van der Waals surface area (Å²) in [5, 5.41) is 0.852. The molecule has 1 amide bonds. The summed E-state index contributed by atoms with van der Waals surface area (Å²) in [6, 6.07) is 14.0. The van der Waals surface area contributed by atoms with Crippen LogP contribution in [-0.4, -0.2) is 16.4 Å². The lowest BCUT2D eigenvalue weighted by atomic mass is 9.84. The molecule has 1 atom stereocenters. The van der Waals surface area contributed by atoms with E-state index in [1.165, 1.54) is 12.5 Å². The van der Waals surface area contributed by atoms with Gasteiger partial charge in [0.15, 0.2) is 0 Å².